The molecule has 2 N–H and O–H groups in total. The number of urea groups is 1. The number of benzene rings is 1. The zero-order chi connectivity index (χ0) is 21.0. The number of aromatic nitrogens is 2. The molecule has 0 saturated carbocycles. The van der Waals surface area contributed by atoms with Crippen LogP contribution in [0.4, 0.5) is 4.79 Å². The second-order valence-corrected chi connectivity index (χ2v) is 8.18. The predicted molar refractivity (Wildman–Crippen MR) is 110 cm³/mol. The maximum Gasteiger partial charge on any atom is 0.339 e. The number of carbonyl (C=O) groups excluding carboxylic acids is 3. The third-order valence-electron chi connectivity index (χ3n) is 4.06. The van der Waals surface area contributed by atoms with Crippen molar-refractivity contribution < 1.29 is 19.1 Å². The van der Waals surface area contributed by atoms with Crippen LogP contribution in [0.15, 0.2) is 40.5 Å². The van der Waals surface area contributed by atoms with Crippen molar-refractivity contribution in [2.75, 3.05) is 13.7 Å². The Morgan fingerprint density at radius 3 is 2.69 bits per heavy atom. The van der Waals surface area contributed by atoms with Crippen molar-refractivity contribution in [1.82, 2.24) is 20.6 Å². The molecular formula is C19H18N4O4S2. The summed E-state index contributed by atoms with van der Waals surface area (Å²) in [5, 5.41) is 5.99. The van der Waals surface area contributed by atoms with E-state index in [2.05, 4.69) is 15.3 Å². The van der Waals surface area contributed by atoms with Gasteiger partial charge in [0.2, 0.25) is 0 Å². The molecule has 0 saturated heterocycles. The number of hydrogen-bond donors (Lipinski definition) is 2. The zero-order valence-electron chi connectivity index (χ0n) is 15.9. The summed E-state index contributed by atoms with van der Waals surface area (Å²) in [6.07, 6.45) is 1.50. The first kappa shape index (κ1) is 20.7. The Kier molecular flexibility index (Phi) is 6.45. The Hall–Kier alpha value is -2.98. The van der Waals surface area contributed by atoms with Crippen molar-refractivity contribution in [2.24, 2.45) is 0 Å². The molecule has 0 aliphatic rings. The summed E-state index contributed by atoms with van der Waals surface area (Å²) in [6.45, 7) is 3.49. The first-order valence-corrected chi connectivity index (χ1v) is 10.2. The normalized spacial score (nSPS) is 10.6. The van der Waals surface area contributed by atoms with Crippen LogP contribution in [0.5, 0.6) is 0 Å². The predicted octanol–water partition coefficient (Wildman–Crippen LogP) is 3.07. The van der Waals surface area contributed by atoms with E-state index < -0.39 is 24.5 Å². The van der Waals surface area contributed by atoms with Crippen LogP contribution in [0.2, 0.25) is 0 Å². The minimum absolute atomic E-state index is 0.307. The Balaban J connectivity index is 1.80. The molecule has 0 aliphatic carbocycles. The Morgan fingerprint density at radius 2 is 1.93 bits per heavy atom. The first-order chi connectivity index (χ1) is 13.9. The van der Waals surface area contributed by atoms with Crippen molar-refractivity contribution in [1.29, 1.82) is 0 Å². The number of fused-ring (bicyclic) bond motifs is 1. The van der Waals surface area contributed by atoms with Crippen LogP contribution in [-0.2, 0) is 9.53 Å². The number of ether oxygens (including phenoxy) is 1. The largest absolute Gasteiger partial charge is 0.452 e. The molecule has 0 aliphatic heterocycles. The van der Waals surface area contributed by atoms with Crippen LogP contribution in [0.25, 0.3) is 10.2 Å². The molecule has 0 fully saturated rings. The molecule has 0 spiro atoms. The molecule has 29 heavy (non-hydrogen) atoms. The average Bonchev–Trinajstić information content (AvgIpc) is 3.01. The monoisotopic (exact) mass is 430 g/mol. The van der Waals surface area contributed by atoms with Gasteiger partial charge in [-0.05, 0) is 31.5 Å². The molecule has 2 aromatic heterocycles. The molecule has 0 bridgehead atoms. The van der Waals surface area contributed by atoms with Crippen LogP contribution >= 0.6 is 23.1 Å². The van der Waals surface area contributed by atoms with Crippen LogP contribution < -0.4 is 10.6 Å². The van der Waals surface area contributed by atoms with E-state index in [4.69, 9.17) is 4.74 Å². The summed E-state index contributed by atoms with van der Waals surface area (Å²) in [7, 11) is 1.38. The number of esters is 1. The van der Waals surface area contributed by atoms with Crippen molar-refractivity contribution in [3.05, 3.63) is 46.6 Å². The van der Waals surface area contributed by atoms with Gasteiger partial charge in [-0.2, -0.15) is 0 Å². The van der Waals surface area contributed by atoms with Crippen LogP contribution in [-0.4, -0.2) is 41.5 Å². The summed E-state index contributed by atoms with van der Waals surface area (Å²) in [4.78, 5) is 46.7. The number of hydrogen-bond acceptors (Lipinski definition) is 8. The molecule has 1 aromatic carbocycles. The molecule has 0 atom stereocenters. The SMILES string of the molecule is CNC(=O)NC(=O)COC(=O)c1ccccc1Sc1ncnc2sc(C)c(C)c12. The molecule has 10 heteroatoms. The van der Waals surface area contributed by atoms with E-state index in [1.54, 1.807) is 29.5 Å². The number of rotatable bonds is 5. The van der Waals surface area contributed by atoms with Crippen LogP contribution in [0.3, 0.4) is 0 Å². The fraction of sp³-hybridized carbons (Fsp3) is 0.211. The molecule has 150 valence electrons. The lowest BCUT2D eigenvalue weighted by molar-refractivity contribution is -0.123. The maximum absolute atomic E-state index is 12.5. The summed E-state index contributed by atoms with van der Waals surface area (Å²) in [5.41, 5.74) is 1.42. The second kappa shape index (κ2) is 9.01. The van der Waals surface area contributed by atoms with Gasteiger partial charge in [0.15, 0.2) is 6.61 Å². The average molecular weight is 431 g/mol. The van der Waals surface area contributed by atoms with Gasteiger partial charge < -0.3 is 10.1 Å². The second-order valence-electron chi connectivity index (χ2n) is 5.94. The summed E-state index contributed by atoms with van der Waals surface area (Å²) in [6, 6.07) is 6.25. The topological polar surface area (TPSA) is 110 Å². The molecule has 0 unspecified atom stereocenters. The summed E-state index contributed by atoms with van der Waals surface area (Å²) in [5.74, 6) is -1.38. The zero-order valence-corrected chi connectivity index (χ0v) is 17.6. The lowest BCUT2D eigenvalue weighted by Crippen LogP contribution is -2.39. The van der Waals surface area contributed by atoms with Gasteiger partial charge in [0.1, 0.15) is 16.2 Å². The quantitative estimate of drug-likeness (QED) is 0.473. The molecule has 8 nitrogen and oxygen atoms in total. The van der Waals surface area contributed by atoms with Gasteiger partial charge in [0.25, 0.3) is 5.91 Å². The van der Waals surface area contributed by atoms with Crippen molar-refractivity contribution >= 4 is 51.2 Å². The van der Waals surface area contributed by atoms with E-state index in [0.717, 1.165) is 25.7 Å². The number of nitrogens with one attached hydrogen (secondary N) is 2. The third-order valence-corrected chi connectivity index (χ3v) is 6.25. The van der Waals surface area contributed by atoms with Gasteiger partial charge >= 0.3 is 12.0 Å². The third kappa shape index (κ3) is 4.72. The van der Waals surface area contributed by atoms with Crippen molar-refractivity contribution in [2.45, 2.75) is 23.8 Å². The highest BCUT2D eigenvalue weighted by Gasteiger charge is 2.18. The molecule has 3 amide bonds. The van der Waals surface area contributed by atoms with Crippen molar-refractivity contribution in [3.63, 3.8) is 0 Å². The van der Waals surface area contributed by atoms with E-state index in [0.29, 0.717) is 10.5 Å². The Morgan fingerprint density at radius 1 is 1.17 bits per heavy atom. The standard InChI is InChI=1S/C19H18N4O4S2/c1-10-11(2)28-16-15(10)17(22-9-21-16)29-13-7-5-4-6-12(13)18(25)27-8-14(24)23-19(26)20-3/h4-7,9H,8H2,1-3H3,(H2,20,23,24,26). The Bertz CT molecular complexity index is 1100. The lowest BCUT2D eigenvalue weighted by atomic mass is 10.2. The van der Waals surface area contributed by atoms with Crippen LogP contribution in [0.1, 0.15) is 20.8 Å². The smallest absolute Gasteiger partial charge is 0.339 e. The highest BCUT2D eigenvalue weighted by atomic mass is 32.2. The minimum atomic E-state index is -0.718. The van der Waals surface area contributed by atoms with E-state index in [1.165, 1.54) is 25.1 Å². The first-order valence-electron chi connectivity index (χ1n) is 8.57. The molecule has 2 heterocycles. The van der Waals surface area contributed by atoms with E-state index in [-0.39, 0.29) is 0 Å². The minimum Gasteiger partial charge on any atom is -0.452 e. The van der Waals surface area contributed by atoms with Gasteiger partial charge in [-0.3, -0.25) is 10.1 Å². The molecule has 3 rings (SSSR count). The fourth-order valence-corrected chi connectivity index (χ4v) is 4.62. The van der Waals surface area contributed by atoms with E-state index in [1.807, 2.05) is 25.2 Å². The lowest BCUT2D eigenvalue weighted by Gasteiger charge is -2.10. The molecule has 3 aromatic rings. The van der Waals surface area contributed by atoms with Gasteiger partial charge in [-0.25, -0.2) is 19.6 Å². The summed E-state index contributed by atoms with van der Waals surface area (Å²) >= 11 is 2.94. The Labute approximate surface area is 175 Å². The highest BCUT2D eigenvalue weighted by molar-refractivity contribution is 7.99. The fourth-order valence-electron chi connectivity index (χ4n) is 2.49. The van der Waals surface area contributed by atoms with E-state index in [9.17, 15) is 14.4 Å². The number of aryl methyl sites for hydroxylation is 2. The van der Waals surface area contributed by atoms with Gasteiger partial charge in [0.05, 0.1) is 5.56 Å². The highest BCUT2D eigenvalue weighted by Crippen LogP contribution is 2.38. The number of imide groups is 1. The number of nitrogens with zero attached hydrogens (tertiary/aromatic N) is 2. The van der Waals surface area contributed by atoms with Gasteiger partial charge in [-0.15, -0.1) is 11.3 Å². The number of thiophene rings is 1. The van der Waals surface area contributed by atoms with Crippen molar-refractivity contribution in [3.8, 4) is 0 Å². The summed E-state index contributed by atoms with van der Waals surface area (Å²) < 4.78 is 5.05. The number of amides is 3. The van der Waals surface area contributed by atoms with Gasteiger partial charge in [-0.1, -0.05) is 23.9 Å². The maximum atomic E-state index is 12.5. The van der Waals surface area contributed by atoms with Crippen LogP contribution in [0, 0.1) is 13.8 Å². The molecular weight excluding hydrogens is 412 g/mol. The number of carbonyl (C=O) groups is 3. The van der Waals surface area contributed by atoms with E-state index >= 15 is 0 Å². The van der Waals surface area contributed by atoms with Gasteiger partial charge in [0, 0.05) is 22.2 Å². The molecule has 0 radical (unpaired) electrons.